The lowest BCUT2D eigenvalue weighted by molar-refractivity contribution is -0.138. The van der Waals surface area contributed by atoms with E-state index in [9.17, 15) is 4.79 Å². The number of nitrogens with two attached hydrogens (primary N) is 1. The minimum absolute atomic E-state index is 0.182. The average molecular weight is 252 g/mol. The Balaban J connectivity index is 1.87. The van der Waals surface area contributed by atoms with Gasteiger partial charge < -0.3 is 11.1 Å². The lowest BCUT2D eigenvalue weighted by Crippen LogP contribution is -2.53. The smallest absolute Gasteiger partial charge is 0.227 e. The van der Waals surface area contributed by atoms with Crippen LogP contribution in [-0.2, 0) is 4.79 Å². The molecule has 1 amide bonds. The standard InChI is InChI=1S/C15H28N2O/c1-10-6-15(7-10,9-16)12(18)17-8-11-13(2,3)14(11,4)5/h10-11H,6-9,16H2,1-5H3,(H,17,18). The third kappa shape index (κ3) is 1.78. The molecule has 0 aromatic heterocycles. The summed E-state index contributed by atoms with van der Waals surface area (Å²) in [4.78, 5) is 12.3. The third-order valence-electron chi connectivity index (χ3n) is 6.14. The van der Waals surface area contributed by atoms with Crippen molar-refractivity contribution in [1.29, 1.82) is 0 Å². The van der Waals surface area contributed by atoms with Crippen LogP contribution in [0, 0.1) is 28.1 Å². The van der Waals surface area contributed by atoms with E-state index in [1.165, 1.54) is 0 Å². The van der Waals surface area contributed by atoms with Crippen LogP contribution in [0.4, 0.5) is 0 Å². The first-order valence-electron chi connectivity index (χ1n) is 7.16. The molecule has 104 valence electrons. The summed E-state index contributed by atoms with van der Waals surface area (Å²) in [5, 5.41) is 3.15. The predicted octanol–water partition coefficient (Wildman–Crippen LogP) is 2.16. The number of carbonyl (C=O) groups excluding carboxylic acids is 1. The number of rotatable bonds is 4. The quantitative estimate of drug-likeness (QED) is 0.805. The monoisotopic (exact) mass is 252 g/mol. The molecule has 0 spiro atoms. The van der Waals surface area contributed by atoms with Crippen molar-refractivity contribution in [3.63, 3.8) is 0 Å². The highest BCUT2D eigenvalue weighted by Gasteiger charge is 2.64. The molecule has 3 nitrogen and oxygen atoms in total. The van der Waals surface area contributed by atoms with E-state index in [4.69, 9.17) is 5.73 Å². The van der Waals surface area contributed by atoms with E-state index in [0.29, 0.717) is 29.2 Å². The molecule has 0 unspecified atom stereocenters. The second kappa shape index (κ2) is 3.96. The Labute approximate surface area is 111 Å². The zero-order valence-electron chi connectivity index (χ0n) is 12.5. The normalized spacial score (nSPS) is 36.9. The van der Waals surface area contributed by atoms with E-state index >= 15 is 0 Å². The molecular formula is C15H28N2O. The van der Waals surface area contributed by atoms with Gasteiger partial charge in [-0.2, -0.15) is 0 Å². The summed E-state index contributed by atoms with van der Waals surface area (Å²) in [5.74, 6) is 1.41. The highest BCUT2D eigenvalue weighted by molar-refractivity contribution is 5.84. The molecule has 3 heteroatoms. The highest BCUT2D eigenvalue weighted by Crippen LogP contribution is 2.68. The number of hydrogen-bond donors (Lipinski definition) is 2. The molecule has 18 heavy (non-hydrogen) atoms. The molecule has 2 rings (SSSR count). The van der Waals surface area contributed by atoms with Gasteiger partial charge in [-0.25, -0.2) is 0 Å². The van der Waals surface area contributed by atoms with Crippen molar-refractivity contribution in [2.75, 3.05) is 13.1 Å². The van der Waals surface area contributed by atoms with Crippen LogP contribution in [0.15, 0.2) is 0 Å². The Hall–Kier alpha value is -0.570. The summed E-state index contributed by atoms with van der Waals surface area (Å²) in [6.07, 6.45) is 1.90. The van der Waals surface area contributed by atoms with Crippen LogP contribution in [0.1, 0.15) is 47.5 Å². The molecule has 2 aliphatic rings. The van der Waals surface area contributed by atoms with Gasteiger partial charge in [0.1, 0.15) is 0 Å². The Morgan fingerprint density at radius 3 is 2.06 bits per heavy atom. The maximum absolute atomic E-state index is 12.3. The maximum atomic E-state index is 12.3. The van der Waals surface area contributed by atoms with Gasteiger partial charge in [0.15, 0.2) is 0 Å². The third-order valence-corrected chi connectivity index (χ3v) is 6.14. The van der Waals surface area contributed by atoms with E-state index in [0.717, 1.165) is 19.4 Å². The number of nitrogens with one attached hydrogen (secondary N) is 1. The molecule has 0 aromatic carbocycles. The number of carbonyl (C=O) groups is 1. The van der Waals surface area contributed by atoms with E-state index in [-0.39, 0.29) is 11.3 Å². The first-order valence-corrected chi connectivity index (χ1v) is 7.16. The lowest BCUT2D eigenvalue weighted by Gasteiger charge is -2.44. The van der Waals surface area contributed by atoms with Crippen molar-refractivity contribution in [1.82, 2.24) is 5.32 Å². The van der Waals surface area contributed by atoms with Gasteiger partial charge in [0.2, 0.25) is 5.91 Å². The average Bonchev–Trinajstić information content (AvgIpc) is 2.61. The lowest BCUT2D eigenvalue weighted by atomic mass is 9.62. The minimum atomic E-state index is -0.261. The van der Waals surface area contributed by atoms with E-state index in [1.807, 2.05) is 0 Å². The summed E-state index contributed by atoms with van der Waals surface area (Å²) in [7, 11) is 0. The fourth-order valence-corrected chi connectivity index (χ4v) is 3.94. The zero-order chi connectivity index (χ0) is 13.8. The largest absolute Gasteiger partial charge is 0.355 e. The van der Waals surface area contributed by atoms with Crippen LogP contribution in [0.25, 0.3) is 0 Å². The first kappa shape index (κ1) is 13.9. The summed E-state index contributed by atoms with van der Waals surface area (Å²) in [6.45, 7) is 12.6. The molecule has 0 aromatic rings. The molecule has 2 fully saturated rings. The van der Waals surface area contributed by atoms with Crippen LogP contribution in [-0.4, -0.2) is 19.0 Å². The van der Waals surface area contributed by atoms with Crippen molar-refractivity contribution >= 4 is 5.91 Å². The van der Waals surface area contributed by atoms with Gasteiger partial charge in [0.25, 0.3) is 0 Å². The molecule has 2 saturated carbocycles. The van der Waals surface area contributed by atoms with Crippen molar-refractivity contribution in [2.24, 2.45) is 33.8 Å². The van der Waals surface area contributed by atoms with Crippen molar-refractivity contribution in [3.05, 3.63) is 0 Å². The Kier molecular flexibility index (Phi) is 3.05. The Bertz CT molecular complexity index is 340. The fourth-order valence-electron chi connectivity index (χ4n) is 3.94. The van der Waals surface area contributed by atoms with E-state index in [2.05, 4.69) is 39.9 Å². The first-order chi connectivity index (χ1) is 8.17. The Morgan fingerprint density at radius 1 is 1.22 bits per heavy atom. The summed E-state index contributed by atoms with van der Waals surface area (Å²) in [6, 6.07) is 0. The van der Waals surface area contributed by atoms with Crippen molar-refractivity contribution < 1.29 is 4.79 Å². The molecule has 0 heterocycles. The molecule has 0 bridgehead atoms. The van der Waals surface area contributed by atoms with E-state index < -0.39 is 0 Å². The van der Waals surface area contributed by atoms with Gasteiger partial charge in [-0.1, -0.05) is 34.6 Å². The van der Waals surface area contributed by atoms with Gasteiger partial charge >= 0.3 is 0 Å². The van der Waals surface area contributed by atoms with Gasteiger partial charge in [-0.05, 0) is 35.5 Å². The van der Waals surface area contributed by atoms with Gasteiger partial charge in [-0.15, -0.1) is 0 Å². The van der Waals surface area contributed by atoms with Crippen molar-refractivity contribution in [2.45, 2.75) is 47.5 Å². The van der Waals surface area contributed by atoms with Crippen LogP contribution < -0.4 is 11.1 Å². The topological polar surface area (TPSA) is 55.1 Å². The van der Waals surface area contributed by atoms with Gasteiger partial charge in [0.05, 0.1) is 5.41 Å². The van der Waals surface area contributed by atoms with Gasteiger partial charge in [-0.3, -0.25) is 4.79 Å². The molecule has 0 atom stereocenters. The summed E-state index contributed by atoms with van der Waals surface area (Å²) >= 11 is 0. The molecule has 0 saturated heterocycles. The van der Waals surface area contributed by atoms with E-state index in [1.54, 1.807) is 0 Å². The summed E-state index contributed by atoms with van der Waals surface area (Å²) in [5.41, 5.74) is 6.21. The predicted molar refractivity (Wildman–Crippen MR) is 73.9 cm³/mol. The van der Waals surface area contributed by atoms with Crippen LogP contribution in [0.5, 0.6) is 0 Å². The number of amides is 1. The second-order valence-electron chi connectivity index (χ2n) is 7.70. The van der Waals surface area contributed by atoms with Crippen molar-refractivity contribution in [3.8, 4) is 0 Å². The summed E-state index contributed by atoms with van der Waals surface area (Å²) < 4.78 is 0. The molecule has 3 N–H and O–H groups in total. The minimum Gasteiger partial charge on any atom is -0.355 e. The molecule has 0 aliphatic heterocycles. The van der Waals surface area contributed by atoms with Crippen LogP contribution in [0.2, 0.25) is 0 Å². The second-order valence-corrected chi connectivity index (χ2v) is 7.70. The Morgan fingerprint density at radius 2 is 1.72 bits per heavy atom. The SMILES string of the molecule is CC1CC(CN)(C(=O)NCC2C(C)(C)C2(C)C)C1. The molecule has 0 radical (unpaired) electrons. The highest BCUT2D eigenvalue weighted by atomic mass is 16.2. The van der Waals surface area contributed by atoms with Crippen LogP contribution in [0.3, 0.4) is 0 Å². The fraction of sp³-hybridized carbons (Fsp3) is 0.933. The number of hydrogen-bond acceptors (Lipinski definition) is 2. The van der Waals surface area contributed by atoms with Gasteiger partial charge in [0, 0.05) is 13.1 Å². The molecule has 2 aliphatic carbocycles. The maximum Gasteiger partial charge on any atom is 0.227 e. The van der Waals surface area contributed by atoms with Crippen LogP contribution >= 0.6 is 0 Å². The zero-order valence-corrected chi connectivity index (χ0v) is 12.5. The molecular weight excluding hydrogens is 224 g/mol.